The minimum absolute atomic E-state index is 0.135. The third kappa shape index (κ3) is 2.61. The number of allylic oxidation sites excluding steroid dienone is 1. The van der Waals surface area contributed by atoms with Crippen LogP contribution in [-0.2, 0) is 19.9 Å². The lowest BCUT2D eigenvalue weighted by atomic mass is 9.87. The highest BCUT2D eigenvalue weighted by Crippen LogP contribution is 2.30. The molecule has 1 unspecified atom stereocenters. The highest BCUT2D eigenvalue weighted by atomic mass is 35.5. The van der Waals surface area contributed by atoms with Crippen molar-refractivity contribution in [2.75, 3.05) is 5.88 Å². The number of alkyl halides is 1. The molecule has 1 aromatic rings. The van der Waals surface area contributed by atoms with Crippen LogP contribution in [0.15, 0.2) is 12.7 Å². The monoisotopic (exact) mass is 260 g/mol. The maximum atomic E-state index is 6.29. The fourth-order valence-corrected chi connectivity index (χ4v) is 2.13. The molecule has 0 bridgehead atoms. The maximum absolute atomic E-state index is 6.29. The molecule has 0 saturated carbocycles. The van der Waals surface area contributed by atoms with Gasteiger partial charge in [0.2, 0.25) is 0 Å². The molecule has 1 rings (SSSR count). The van der Waals surface area contributed by atoms with Gasteiger partial charge in [0, 0.05) is 24.8 Å². The Morgan fingerprint density at radius 1 is 1.56 bits per heavy atom. The molecule has 4 heteroatoms. The Labute approximate surface area is 107 Å². The second-order valence-electron chi connectivity index (χ2n) is 4.35. The van der Waals surface area contributed by atoms with Gasteiger partial charge in [0.25, 0.3) is 0 Å². The molecule has 1 atom stereocenters. The molecule has 16 heavy (non-hydrogen) atoms. The third-order valence-electron chi connectivity index (χ3n) is 2.87. The first-order valence-electron chi connectivity index (χ1n) is 5.37. The van der Waals surface area contributed by atoms with E-state index in [1.54, 1.807) is 0 Å². The highest BCUT2D eigenvalue weighted by Gasteiger charge is 2.24. The van der Waals surface area contributed by atoms with Gasteiger partial charge < -0.3 is 0 Å². The van der Waals surface area contributed by atoms with Gasteiger partial charge in [-0.05, 0) is 6.42 Å². The number of hydrogen-bond donors (Lipinski definition) is 0. The van der Waals surface area contributed by atoms with Crippen LogP contribution < -0.4 is 0 Å². The lowest BCUT2D eigenvalue weighted by Crippen LogP contribution is -2.20. The summed E-state index contributed by atoms with van der Waals surface area (Å²) in [5.41, 5.74) is 1.84. The second-order valence-corrected chi connectivity index (χ2v) is 5.00. The smallest absolute Gasteiger partial charge is 0.0850 e. The summed E-state index contributed by atoms with van der Waals surface area (Å²) < 4.78 is 1.84. The minimum Gasteiger partial charge on any atom is -0.271 e. The fourth-order valence-electron chi connectivity index (χ4n) is 1.57. The van der Waals surface area contributed by atoms with Crippen LogP contribution in [0.25, 0.3) is 0 Å². The molecule has 0 aliphatic rings. The zero-order chi connectivity index (χ0) is 12.3. The minimum atomic E-state index is -0.135. The van der Waals surface area contributed by atoms with E-state index in [2.05, 4.69) is 18.6 Å². The molecule has 0 radical (unpaired) electrons. The van der Waals surface area contributed by atoms with Crippen molar-refractivity contribution < 1.29 is 0 Å². The Bertz CT molecular complexity index is 385. The van der Waals surface area contributed by atoms with Crippen molar-refractivity contribution in [2.45, 2.75) is 26.7 Å². The normalized spacial score (nSPS) is 14.8. The topological polar surface area (TPSA) is 17.8 Å². The van der Waals surface area contributed by atoms with Gasteiger partial charge >= 0.3 is 0 Å². The summed E-state index contributed by atoms with van der Waals surface area (Å²) in [5, 5.41) is 5.16. The maximum Gasteiger partial charge on any atom is 0.0850 e. The van der Waals surface area contributed by atoms with Gasteiger partial charge in [-0.1, -0.05) is 31.5 Å². The zero-order valence-corrected chi connectivity index (χ0v) is 11.6. The van der Waals surface area contributed by atoms with Gasteiger partial charge in [-0.15, -0.1) is 18.2 Å². The Balaban J connectivity index is 3.05. The number of hydrogen-bond acceptors (Lipinski definition) is 1. The first kappa shape index (κ1) is 13.6. The van der Waals surface area contributed by atoms with Crippen molar-refractivity contribution in [1.29, 1.82) is 0 Å². The molecule has 1 heterocycles. The van der Waals surface area contributed by atoms with Crippen LogP contribution in [0.2, 0.25) is 5.02 Å². The van der Waals surface area contributed by atoms with Crippen LogP contribution in [0.4, 0.5) is 0 Å². The van der Waals surface area contributed by atoms with Crippen LogP contribution in [-0.4, -0.2) is 15.7 Å². The van der Waals surface area contributed by atoms with Gasteiger partial charge in [-0.25, -0.2) is 0 Å². The van der Waals surface area contributed by atoms with Crippen molar-refractivity contribution in [3.63, 3.8) is 0 Å². The van der Waals surface area contributed by atoms with E-state index < -0.39 is 0 Å². The lowest BCUT2D eigenvalue weighted by molar-refractivity contribution is 0.466. The first-order chi connectivity index (χ1) is 7.47. The van der Waals surface area contributed by atoms with Gasteiger partial charge in [-0.3, -0.25) is 4.68 Å². The lowest BCUT2D eigenvalue weighted by Gasteiger charge is -2.22. The van der Waals surface area contributed by atoms with E-state index in [4.69, 9.17) is 23.2 Å². The number of aryl methyl sites for hydroxylation is 2. The third-order valence-corrected chi connectivity index (χ3v) is 3.92. The van der Waals surface area contributed by atoms with Crippen LogP contribution in [0.3, 0.4) is 0 Å². The van der Waals surface area contributed by atoms with E-state index in [9.17, 15) is 0 Å². The number of halogens is 2. The van der Waals surface area contributed by atoms with Crippen molar-refractivity contribution in [2.24, 2.45) is 12.5 Å². The standard InChI is InChI=1S/C12H18Cl2N2/c1-5-9-11(14)10(16(4)15-9)7-12(3,6-2)8-13/h6H,2,5,7-8H2,1,3-4H3. The number of nitrogens with zero attached hydrogens (tertiary/aromatic N) is 2. The SMILES string of the molecule is C=CC(C)(CCl)Cc1c(Cl)c(CC)nn1C. The van der Waals surface area contributed by atoms with E-state index in [0.717, 1.165) is 29.3 Å². The summed E-state index contributed by atoms with van der Waals surface area (Å²) >= 11 is 12.2. The van der Waals surface area contributed by atoms with Crippen molar-refractivity contribution >= 4 is 23.2 Å². The van der Waals surface area contributed by atoms with Crippen LogP contribution >= 0.6 is 23.2 Å². The molecule has 0 fully saturated rings. The summed E-state index contributed by atoms with van der Waals surface area (Å²) in [4.78, 5) is 0. The summed E-state index contributed by atoms with van der Waals surface area (Å²) in [6.45, 7) is 7.95. The molecule has 0 spiro atoms. The predicted molar refractivity (Wildman–Crippen MR) is 70.3 cm³/mol. The van der Waals surface area contributed by atoms with Gasteiger partial charge in [-0.2, -0.15) is 5.10 Å². The molecule has 1 aromatic heterocycles. The Morgan fingerprint density at radius 2 is 2.19 bits per heavy atom. The van der Waals surface area contributed by atoms with Crippen molar-refractivity contribution in [3.05, 3.63) is 29.1 Å². The number of rotatable bonds is 5. The second kappa shape index (κ2) is 5.24. The van der Waals surface area contributed by atoms with E-state index in [1.165, 1.54) is 0 Å². The van der Waals surface area contributed by atoms with E-state index in [0.29, 0.717) is 5.88 Å². The molecular formula is C12H18Cl2N2. The largest absolute Gasteiger partial charge is 0.271 e. The molecule has 0 aliphatic carbocycles. The van der Waals surface area contributed by atoms with Gasteiger partial charge in [0.15, 0.2) is 0 Å². The van der Waals surface area contributed by atoms with Gasteiger partial charge in [0.05, 0.1) is 16.4 Å². The molecule has 0 aromatic carbocycles. The van der Waals surface area contributed by atoms with E-state index in [1.807, 2.05) is 24.7 Å². The summed E-state index contributed by atoms with van der Waals surface area (Å²) in [7, 11) is 1.91. The molecule has 0 N–H and O–H groups in total. The first-order valence-corrected chi connectivity index (χ1v) is 6.28. The van der Waals surface area contributed by atoms with Crippen LogP contribution in [0, 0.1) is 5.41 Å². The number of aromatic nitrogens is 2. The Morgan fingerprint density at radius 3 is 2.56 bits per heavy atom. The van der Waals surface area contributed by atoms with E-state index >= 15 is 0 Å². The average Bonchev–Trinajstić information content (AvgIpc) is 2.56. The molecular weight excluding hydrogens is 243 g/mol. The van der Waals surface area contributed by atoms with Crippen LogP contribution in [0.1, 0.15) is 25.2 Å². The molecule has 90 valence electrons. The average molecular weight is 261 g/mol. The van der Waals surface area contributed by atoms with E-state index in [-0.39, 0.29) is 5.41 Å². The van der Waals surface area contributed by atoms with Crippen molar-refractivity contribution in [3.8, 4) is 0 Å². The predicted octanol–water partition coefficient (Wildman–Crippen LogP) is 3.61. The molecule has 0 aliphatic heterocycles. The highest BCUT2D eigenvalue weighted by molar-refractivity contribution is 6.31. The van der Waals surface area contributed by atoms with Crippen molar-refractivity contribution in [1.82, 2.24) is 9.78 Å². The fraction of sp³-hybridized carbons (Fsp3) is 0.583. The molecule has 2 nitrogen and oxygen atoms in total. The quantitative estimate of drug-likeness (QED) is 0.584. The summed E-state index contributed by atoms with van der Waals surface area (Å²) in [5.74, 6) is 0.527. The zero-order valence-electron chi connectivity index (χ0n) is 10.1. The Hall–Kier alpha value is -0.470. The summed E-state index contributed by atoms with van der Waals surface area (Å²) in [6.07, 6.45) is 3.50. The Kier molecular flexibility index (Phi) is 4.45. The molecule has 0 saturated heterocycles. The molecule has 0 amide bonds. The van der Waals surface area contributed by atoms with Gasteiger partial charge in [0.1, 0.15) is 0 Å². The van der Waals surface area contributed by atoms with Crippen LogP contribution in [0.5, 0.6) is 0 Å². The summed E-state index contributed by atoms with van der Waals surface area (Å²) in [6, 6.07) is 0.